The highest BCUT2D eigenvalue weighted by Gasteiger charge is 2.08. The van der Waals surface area contributed by atoms with Crippen molar-refractivity contribution in [2.45, 2.75) is 13.8 Å². The second-order valence-electron chi connectivity index (χ2n) is 3.87. The summed E-state index contributed by atoms with van der Waals surface area (Å²) in [5.41, 5.74) is 2.58. The van der Waals surface area contributed by atoms with Crippen molar-refractivity contribution in [3.8, 4) is 11.4 Å². The van der Waals surface area contributed by atoms with Crippen LogP contribution in [0.25, 0.3) is 11.4 Å². The molecule has 0 amide bonds. The van der Waals surface area contributed by atoms with Crippen LogP contribution in [-0.4, -0.2) is 17.0 Å². The molecule has 0 saturated heterocycles. The summed E-state index contributed by atoms with van der Waals surface area (Å²) < 4.78 is 13.1. The molecular weight excluding hydrogens is 217 g/mol. The highest BCUT2D eigenvalue weighted by molar-refractivity contribution is 5.59. The smallest absolute Gasteiger partial charge is 0.161 e. The van der Waals surface area contributed by atoms with E-state index in [-0.39, 0.29) is 5.82 Å². The van der Waals surface area contributed by atoms with E-state index in [1.54, 1.807) is 12.1 Å². The summed E-state index contributed by atoms with van der Waals surface area (Å²) in [6, 6.07) is 6.29. The number of nitrogens with one attached hydrogen (secondary N) is 1. The van der Waals surface area contributed by atoms with Crippen molar-refractivity contribution in [2.24, 2.45) is 0 Å². The average Bonchev–Trinajstić information content (AvgIpc) is 2.32. The summed E-state index contributed by atoms with van der Waals surface area (Å²) in [6.45, 7) is 3.87. The van der Waals surface area contributed by atoms with Gasteiger partial charge in [-0.05, 0) is 26.0 Å². The van der Waals surface area contributed by atoms with Gasteiger partial charge in [0.05, 0.1) is 0 Å². The highest BCUT2D eigenvalue weighted by atomic mass is 19.1. The number of hydrogen-bond acceptors (Lipinski definition) is 3. The van der Waals surface area contributed by atoms with Gasteiger partial charge in [0.15, 0.2) is 5.82 Å². The van der Waals surface area contributed by atoms with Gasteiger partial charge in [-0.3, -0.25) is 0 Å². The van der Waals surface area contributed by atoms with Gasteiger partial charge < -0.3 is 5.32 Å². The van der Waals surface area contributed by atoms with E-state index in [0.717, 1.165) is 17.1 Å². The van der Waals surface area contributed by atoms with Gasteiger partial charge in [-0.15, -0.1) is 0 Å². The van der Waals surface area contributed by atoms with Crippen molar-refractivity contribution in [1.82, 2.24) is 9.97 Å². The standard InChI is InChI=1S/C13H14FN3/c1-8-9(2)16-13(17-12(8)15-3)10-5-4-6-11(14)7-10/h4-7H,1-3H3,(H,15,16,17). The van der Waals surface area contributed by atoms with Gasteiger partial charge in [-0.2, -0.15) is 0 Å². The maximum Gasteiger partial charge on any atom is 0.161 e. The van der Waals surface area contributed by atoms with Gasteiger partial charge in [-0.1, -0.05) is 12.1 Å². The molecule has 17 heavy (non-hydrogen) atoms. The van der Waals surface area contributed by atoms with Crippen LogP contribution in [0.5, 0.6) is 0 Å². The number of halogens is 1. The lowest BCUT2D eigenvalue weighted by atomic mass is 10.2. The van der Waals surface area contributed by atoms with Gasteiger partial charge >= 0.3 is 0 Å². The Morgan fingerprint density at radius 3 is 2.59 bits per heavy atom. The van der Waals surface area contributed by atoms with Crippen LogP contribution in [0.2, 0.25) is 0 Å². The molecule has 0 radical (unpaired) electrons. The van der Waals surface area contributed by atoms with Crippen molar-refractivity contribution >= 4 is 5.82 Å². The number of rotatable bonds is 2. The quantitative estimate of drug-likeness (QED) is 0.863. The van der Waals surface area contributed by atoms with Crippen LogP contribution < -0.4 is 5.32 Å². The fraction of sp³-hybridized carbons (Fsp3) is 0.231. The molecule has 0 fully saturated rings. The summed E-state index contributed by atoms with van der Waals surface area (Å²) in [5.74, 6) is 1.03. The van der Waals surface area contributed by atoms with Gasteiger partial charge in [0.25, 0.3) is 0 Å². The Morgan fingerprint density at radius 1 is 1.18 bits per heavy atom. The highest BCUT2D eigenvalue weighted by Crippen LogP contribution is 2.21. The topological polar surface area (TPSA) is 37.8 Å². The number of hydrogen-bond donors (Lipinski definition) is 1. The van der Waals surface area contributed by atoms with E-state index < -0.39 is 0 Å². The zero-order valence-electron chi connectivity index (χ0n) is 10.1. The average molecular weight is 231 g/mol. The van der Waals surface area contributed by atoms with Gasteiger partial charge in [0.1, 0.15) is 11.6 Å². The maximum absolute atomic E-state index is 13.1. The molecule has 0 aliphatic rings. The van der Waals surface area contributed by atoms with E-state index in [2.05, 4.69) is 15.3 Å². The van der Waals surface area contributed by atoms with Gasteiger partial charge in [0, 0.05) is 23.9 Å². The normalized spacial score (nSPS) is 10.4. The molecule has 1 heterocycles. The molecule has 0 saturated carbocycles. The molecule has 0 aliphatic heterocycles. The molecular formula is C13H14FN3. The largest absolute Gasteiger partial charge is 0.373 e. The number of benzene rings is 1. The number of aromatic nitrogens is 2. The maximum atomic E-state index is 13.1. The minimum Gasteiger partial charge on any atom is -0.373 e. The van der Waals surface area contributed by atoms with Crippen LogP contribution in [-0.2, 0) is 0 Å². The summed E-state index contributed by atoms with van der Waals surface area (Å²) in [7, 11) is 1.81. The summed E-state index contributed by atoms with van der Waals surface area (Å²) in [6.07, 6.45) is 0. The van der Waals surface area contributed by atoms with E-state index in [4.69, 9.17) is 0 Å². The lowest BCUT2D eigenvalue weighted by Gasteiger charge is -2.09. The molecule has 0 bridgehead atoms. The van der Waals surface area contributed by atoms with Crippen molar-refractivity contribution in [2.75, 3.05) is 12.4 Å². The first-order valence-corrected chi connectivity index (χ1v) is 5.40. The molecule has 0 unspecified atom stereocenters. The Kier molecular flexibility index (Phi) is 3.04. The zero-order chi connectivity index (χ0) is 12.4. The third-order valence-corrected chi connectivity index (χ3v) is 2.71. The Hall–Kier alpha value is -1.97. The van der Waals surface area contributed by atoms with E-state index >= 15 is 0 Å². The third kappa shape index (κ3) is 2.25. The molecule has 1 aromatic heterocycles. The molecule has 0 spiro atoms. The molecule has 4 heteroatoms. The molecule has 2 rings (SSSR count). The molecule has 3 nitrogen and oxygen atoms in total. The Bertz CT molecular complexity index is 552. The van der Waals surface area contributed by atoms with E-state index in [1.807, 2.05) is 20.9 Å². The predicted octanol–water partition coefficient (Wildman–Crippen LogP) is 2.94. The molecule has 0 atom stereocenters. The first kappa shape index (κ1) is 11.5. The monoisotopic (exact) mass is 231 g/mol. The second kappa shape index (κ2) is 4.49. The van der Waals surface area contributed by atoms with E-state index in [9.17, 15) is 4.39 Å². The lowest BCUT2D eigenvalue weighted by molar-refractivity contribution is 0.628. The predicted molar refractivity (Wildman–Crippen MR) is 66.4 cm³/mol. The Balaban J connectivity index is 2.56. The van der Waals surface area contributed by atoms with Crippen LogP contribution in [0.1, 0.15) is 11.3 Å². The fourth-order valence-corrected chi connectivity index (χ4v) is 1.63. The second-order valence-corrected chi connectivity index (χ2v) is 3.87. The van der Waals surface area contributed by atoms with Crippen LogP contribution >= 0.6 is 0 Å². The number of aryl methyl sites for hydroxylation is 1. The van der Waals surface area contributed by atoms with Crippen LogP contribution in [0.3, 0.4) is 0 Å². The molecule has 2 aromatic rings. The molecule has 1 N–H and O–H groups in total. The number of anilines is 1. The van der Waals surface area contributed by atoms with Crippen LogP contribution in [0, 0.1) is 19.7 Å². The summed E-state index contributed by atoms with van der Waals surface area (Å²) in [5, 5.41) is 3.02. The van der Waals surface area contributed by atoms with Crippen molar-refractivity contribution in [3.05, 3.63) is 41.3 Å². The first-order chi connectivity index (χ1) is 8.11. The number of nitrogens with zero attached hydrogens (tertiary/aromatic N) is 2. The molecule has 0 aliphatic carbocycles. The zero-order valence-corrected chi connectivity index (χ0v) is 10.1. The fourth-order valence-electron chi connectivity index (χ4n) is 1.63. The van der Waals surface area contributed by atoms with E-state index in [0.29, 0.717) is 11.4 Å². The van der Waals surface area contributed by atoms with Crippen LogP contribution in [0.15, 0.2) is 24.3 Å². The Labute approximate surface area is 99.7 Å². The van der Waals surface area contributed by atoms with Gasteiger partial charge in [-0.25, -0.2) is 14.4 Å². The lowest BCUT2D eigenvalue weighted by Crippen LogP contribution is -2.02. The minimum atomic E-state index is -0.282. The molecule has 1 aromatic carbocycles. The van der Waals surface area contributed by atoms with Gasteiger partial charge in [0.2, 0.25) is 0 Å². The Morgan fingerprint density at radius 2 is 1.94 bits per heavy atom. The SMILES string of the molecule is CNc1nc(-c2cccc(F)c2)nc(C)c1C. The third-order valence-electron chi connectivity index (χ3n) is 2.71. The van der Waals surface area contributed by atoms with Crippen molar-refractivity contribution in [1.29, 1.82) is 0 Å². The van der Waals surface area contributed by atoms with Crippen molar-refractivity contribution < 1.29 is 4.39 Å². The van der Waals surface area contributed by atoms with Crippen LogP contribution in [0.4, 0.5) is 10.2 Å². The summed E-state index contributed by atoms with van der Waals surface area (Å²) in [4.78, 5) is 8.75. The summed E-state index contributed by atoms with van der Waals surface area (Å²) >= 11 is 0. The minimum absolute atomic E-state index is 0.282. The van der Waals surface area contributed by atoms with Crippen molar-refractivity contribution in [3.63, 3.8) is 0 Å². The van der Waals surface area contributed by atoms with E-state index in [1.165, 1.54) is 12.1 Å². The first-order valence-electron chi connectivity index (χ1n) is 5.40. The molecule has 88 valence electrons.